The number of nitrogens with one attached hydrogen (secondary N) is 2. The van der Waals surface area contributed by atoms with Crippen molar-refractivity contribution in [2.45, 2.75) is 6.92 Å². The lowest BCUT2D eigenvalue weighted by molar-refractivity contribution is 0.0601. The molecule has 0 saturated carbocycles. The molecule has 2 N–H and O–H groups in total. The molecule has 2 rings (SSSR count). The first-order valence-corrected chi connectivity index (χ1v) is 7.82. The number of nitrogens with zero attached hydrogens (tertiary/aromatic N) is 1. The number of amides is 3. The van der Waals surface area contributed by atoms with Crippen molar-refractivity contribution in [1.29, 1.82) is 0 Å². The number of hydrogen-bond donors (Lipinski definition) is 2. The van der Waals surface area contributed by atoms with Gasteiger partial charge in [-0.25, -0.2) is 19.0 Å². The van der Waals surface area contributed by atoms with Gasteiger partial charge in [0.2, 0.25) is 0 Å². The van der Waals surface area contributed by atoms with Gasteiger partial charge in [0.1, 0.15) is 5.15 Å². The summed E-state index contributed by atoms with van der Waals surface area (Å²) in [5.74, 6) is -2.63. The molecule has 0 bridgehead atoms. The maximum atomic E-state index is 13.5. The summed E-state index contributed by atoms with van der Waals surface area (Å²) in [6, 6.07) is 4.51. The van der Waals surface area contributed by atoms with Gasteiger partial charge >= 0.3 is 12.0 Å². The van der Waals surface area contributed by atoms with E-state index >= 15 is 0 Å². The zero-order valence-corrected chi connectivity index (χ0v) is 15.0. The van der Waals surface area contributed by atoms with E-state index in [-0.39, 0.29) is 22.0 Å². The van der Waals surface area contributed by atoms with Crippen molar-refractivity contribution in [3.8, 4) is 0 Å². The number of esters is 1. The van der Waals surface area contributed by atoms with Crippen molar-refractivity contribution in [3.63, 3.8) is 0 Å². The van der Waals surface area contributed by atoms with E-state index in [0.29, 0.717) is 5.56 Å². The van der Waals surface area contributed by atoms with Crippen LogP contribution in [0.3, 0.4) is 0 Å². The summed E-state index contributed by atoms with van der Waals surface area (Å²) in [4.78, 5) is 39.4. The Morgan fingerprint density at radius 3 is 2.50 bits per heavy atom. The number of rotatable bonds is 3. The van der Waals surface area contributed by atoms with E-state index in [9.17, 15) is 18.8 Å². The summed E-state index contributed by atoms with van der Waals surface area (Å²) in [5, 5.41) is 3.48. The number of carbonyl (C=O) groups is 3. The van der Waals surface area contributed by atoms with E-state index < -0.39 is 28.9 Å². The van der Waals surface area contributed by atoms with E-state index in [0.717, 1.165) is 6.07 Å². The molecule has 2 aromatic rings. The average Bonchev–Trinajstić information content (AvgIpc) is 2.59. The molecular formula is C16H12Cl2FN3O4. The Labute approximate surface area is 157 Å². The molecule has 0 aliphatic carbocycles. The van der Waals surface area contributed by atoms with E-state index in [2.05, 4.69) is 15.0 Å². The number of imide groups is 1. The molecule has 3 amide bonds. The van der Waals surface area contributed by atoms with Crippen LogP contribution in [-0.2, 0) is 4.74 Å². The molecule has 0 saturated heterocycles. The summed E-state index contributed by atoms with van der Waals surface area (Å²) >= 11 is 11.2. The van der Waals surface area contributed by atoms with Crippen molar-refractivity contribution in [3.05, 3.63) is 57.1 Å². The lowest BCUT2D eigenvalue weighted by atomic mass is 10.1. The summed E-state index contributed by atoms with van der Waals surface area (Å²) < 4.78 is 18.1. The van der Waals surface area contributed by atoms with E-state index in [1.807, 2.05) is 5.32 Å². The molecule has 0 unspecified atom stereocenters. The van der Waals surface area contributed by atoms with Crippen LogP contribution in [0.1, 0.15) is 26.3 Å². The summed E-state index contributed by atoms with van der Waals surface area (Å²) in [5.41, 5.74) is 0.456. The topological polar surface area (TPSA) is 97.4 Å². The largest absolute Gasteiger partial charge is 0.465 e. The maximum absolute atomic E-state index is 13.5. The highest BCUT2D eigenvalue weighted by Gasteiger charge is 2.20. The van der Waals surface area contributed by atoms with E-state index in [1.165, 1.54) is 13.2 Å². The monoisotopic (exact) mass is 399 g/mol. The van der Waals surface area contributed by atoms with Crippen molar-refractivity contribution in [2.24, 2.45) is 0 Å². The molecule has 0 aliphatic heterocycles. The van der Waals surface area contributed by atoms with Crippen LogP contribution in [0, 0.1) is 12.7 Å². The first-order valence-electron chi connectivity index (χ1n) is 7.06. The maximum Gasteiger partial charge on any atom is 0.339 e. The van der Waals surface area contributed by atoms with E-state index in [4.69, 9.17) is 23.2 Å². The number of anilines is 1. The van der Waals surface area contributed by atoms with Gasteiger partial charge in [-0.1, -0.05) is 35.3 Å². The van der Waals surface area contributed by atoms with Crippen LogP contribution >= 0.6 is 23.2 Å². The first-order chi connectivity index (χ1) is 12.2. The normalized spacial score (nSPS) is 10.2. The molecule has 7 nitrogen and oxygen atoms in total. The molecule has 0 radical (unpaired) electrons. The Balaban J connectivity index is 2.21. The third kappa shape index (κ3) is 4.27. The molecule has 10 heteroatoms. The number of para-hydroxylation sites is 1. The minimum atomic E-state index is -0.997. The second-order valence-electron chi connectivity index (χ2n) is 5.00. The fraction of sp³-hybridized carbons (Fsp3) is 0.125. The van der Waals surface area contributed by atoms with Gasteiger partial charge in [0.25, 0.3) is 5.91 Å². The Bertz CT molecular complexity index is 905. The lowest BCUT2D eigenvalue weighted by Gasteiger charge is -2.13. The van der Waals surface area contributed by atoms with Gasteiger partial charge in [-0.3, -0.25) is 10.1 Å². The van der Waals surface area contributed by atoms with Crippen molar-refractivity contribution in [1.82, 2.24) is 10.3 Å². The van der Waals surface area contributed by atoms with Crippen LogP contribution in [0.15, 0.2) is 24.3 Å². The molecule has 0 fully saturated rings. The number of aromatic nitrogens is 1. The number of pyridine rings is 1. The van der Waals surface area contributed by atoms with Gasteiger partial charge in [0, 0.05) is 0 Å². The van der Waals surface area contributed by atoms with Gasteiger partial charge in [0.15, 0.2) is 11.0 Å². The Kier molecular flexibility index (Phi) is 6.12. The Hall–Kier alpha value is -2.71. The van der Waals surface area contributed by atoms with Crippen LogP contribution in [-0.4, -0.2) is 30.0 Å². The van der Waals surface area contributed by atoms with Gasteiger partial charge in [-0.05, 0) is 24.6 Å². The molecular weight excluding hydrogens is 388 g/mol. The Morgan fingerprint density at radius 1 is 1.15 bits per heavy atom. The van der Waals surface area contributed by atoms with E-state index in [1.54, 1.807) is 19.1 Å². The highest BCUT2D eigenvalue weighted by Crippen LogP contribution is 2.22. The quantitative estimate of drug-likeness (QED) is 0.606. The summed E-state index contributed by atoms with van der Waals surface area (Å²) in [6.07, 6.45) is 0. The summed E-state index contributed by atoms with van der Waals surface area (Å²) in [7, 11) is 1.20. The Morgan fingerprint density at radius 2 is 1.85 bits per heavy atom. The fourth-order valence-corrected chi connectivity index (χ4v) is 2.44. The van der Waals surface area contributed by atoms with Crippen LogP contribution in [0.2, 0.25) is 10.3 Å². The van der Waals surface area contributed by atoms with Crippen LogP contribution < -0.4 is 10.6 Å². The van der Waals surface area contributed by atoms with Crippen molar-refractivity contribution < 1.29 is 23.5 Å². The minimum absolute atomic E-state index is 0.104. The number of hydrogen-bond acceptors (Lipinski definition) is 5. The molecule has 0 aliphatic rings. The molecule has 1 heterocycles. The molecule has 136 valence electrons. The number of ether oxygens (including phenoxy) is 1. The smallest absolute Gasteiger partial charge is 0.339 e. The SMILES string of the molecule is COC(=O)c1cccc(C)c1NC(=O)NC(=O)c1cc(F)c(Cl)nc1Cl. The zero-order valence-electron chi connectivity index (χ0n) is 13.5. The minimum Gasteiger partial charge on any atom is -0.465 e. The molecule has 1 aromatic carbocycles. The fourth-order valence-electron chi connectivity index (χ4n) is 2.03. The number of urea groups is 1. The zero-order chi connectivity index (χ0) is 19.4. The second-order valence-corrected chi connectivity index (χ2v) is 5.71. The molecule has 26 heavy (non-hydrogen) atoms. The number of halogens is 3. The van der Waals surface area contributed by atoms with Crippen LogP contribution in [0.4, 0.5) is 14.9 Å². The highest BCUT2D eigenvalue weighted by molar-refractivity contribution is 6.35. The van der Waals surface area contributed by atoms with Crippen LogP contribution in [0.25, 0.3) is 0 Å². The van der Waals surface area contributed by atoms with Crippen molar-refractivity contribution >= 4 is 46.8 Å². The second kappa shape index (κ2) is 8.11. The standard InChI is InChI=1S/C16H12Cl2FN3O4/c1-7-4-3-5-8(15(24)26-2)11(7)20-16(25)22-14(23)9-6-10(19)13(18)21-12(9)17/h3-6H,1-2H3,(H2,20,22,23,25). The van der Waals surface area contributed by atoms with Gasteiger partial charge in [0.05, 0.1) is 23.9 Å². The highest BCUT2D eigenvalue weighted by atomic mass is 35.5. The lowest BCUT2D eigenvalue weighted by Crippen LogP contribution is -2.35. The summed E-state index contributed by atoms with van der Waals surface area (Å²) in [6.45, 7) is 1.65. The molecule has 0 spiro atoms. The third-order valence-electron chi connectivity index (χ3n) is 3.28. The van der Waals surface area contributed by atoms with Gasteiger partial charge in [-0.2, -0.15) is 0 Å². The molecule has 1 aromatic heterocycles. The van der Waals surface area contributed by atoms with Gasteiger partial charge in [-0.15, -0.1) is 0 Å². The molecule has 0 atom stereocenters. The number of carbonyl (C=O) groups excluding carboxylic acids is 3. The number of aryl methyl sites for hydroxylation is 1. The first kappa shape index (κ1) is 19.6. The predicted molar refractivity (Wildman–Crippen MR) is 93.2 cm³/mol. The van der Waals surface area contributed by atoms with Crippen LogP contribution in [0.5, 0.6) is 0 Å². The number of methoxy groups -OCH3 is 1. The number of benzene rings is 1. The third-order valence-corrected chi connectivity index (χ3v) is 3.83. The van der Waals surface area contributed by atoms with Gasteiger partial charge < -0.3 is 10.1 Å². The predicted octanol–water partition coefficient (Wildman–Crippen LogP) is 3.58. The van der Waals surface area contributed by atoms with Crippen molar-refractivity contribution in [2.75, 3.05) is 12.4 Å². The average molecular weight is 400 g/mol.